The summed E-state index contributed by atoms with van der Waals surface area (Å²) in [6.07, 6.45) is 0.632. The van der Waals surface area contributed by atoms with Gasteiger partial charge < -0.3 is 10.6 Å². The minimum atomic E-state index is -0.845. The summed E-state index contributed by atoms with van der Waals surface area (Å²) in [7, 11) is 0. The van der Waals surface area contributed by atoms with E-state index in [1.165, 1.54) is 5.01 Å². The highest BCUT2D eigenvalue weighted by Gasteiger charge is 2.33. The van der Waals surface area contributed by atoms with Crippen LogP contribution < -0.4 is 21.1 Å². The van der Waals surface area contributed by atoms with Crippen LogP contribution in [0.4, 0.5) is 10.5 Å². The average molecular weight is 429 g/mol. The second-order valence-corrected chi connectivity index (χ2v) is 7.52. The average Bonchev–Trinajstić information content (AvgIpc) is 2.84. The third-order valence-corrected chi connectivity index (χ3v) is 5.28. The van der Waals surface area contributed by atoms with Crippen LogP contribution in [0.15, 0.2) is 48.5 Å². The van der Waals surface area contributed by atoms with E-state index in [0.717, 1.165) is 16.7 Å². The molecule has 0 radical (unpaired) electrons. The zero-order chi connectivity index (χ0) is 21.7. The molecule has 3 N–H and O–H groups in total. The fraction of sp³-hybridized carbons (Fsp3) is 0.318. The first-order valence-corrected chi connectivity index (χ1v) is 10.4. The number of hydrogen-bond donors (Lipinski definition) is 3. The molecule has 0 fully saturated rings. The summed E-state index contributed by atoms with van der Waals surface area (Å²) in [5.41, 5.74) is 5.98. The number of amides is 4. The number of halogens is 1. The number of fused-ring (bicyclic) bond motifs is 3. The van der Waals surface area contributed by atoms with Crippen LogP contribution in [0.2, 0.25) is 0 Å². The molecule has 0 saturated heterocycles. The highest BCUT2D eigenvalue weighted by molar-refractivity contribution is 6.17. The van der Waals surface area contributed by atoms with Crippen molar-refractivity contribution in [2.75, 3.05) is 17.4 Å². The lowest BCUT2D eigenvalue weighted by atomic mass is 9.92. The number of benzene rings is 2. The van der Waals surface area contributed by atoms with E-state index < -0.39 is 23.9 Å². The Hall–Kier alpha value is -3.06. The van der Waals surface area contributed by atoms with Crippen LogP contribution in [-0.4, -0.2) is 36.3 Å². The van der Waals surface area contributed by atoms with Crippen molar-refractivity contribution >= 4 is 35.1 Å². The standard InChI is InChI=1S/C22H25ClN4O3/c1-14-16-8-3-4-9-17(16)18-10-5-6-11-19(18)27(21(14)29)26-20(28)15(2)25-22(30)24-13-7-12-23/h3-6,8-11,14-15H,7,12-13H2,1-2H3,(H,26,28)(H2,24,25,30)/t14?,15-/m0/s1. The van der Waals surface area contributed by atoms with Gasteiger partial charge in [0.25, 0.3) is 11.8 Å². The van der Waals surface area contributed by atoms with Gasteiger partial charge in [-0.1, -0.05) is 42.5 Å². The number of hydrogen-bond acceptors (Lipinski definition) is 3. The smallest absolute Gasteiger partial charge is 0.315 e. The van der Waals surface area contributed by atoms with Gasteiger partial charge in [0, 0.05) is 18.0 Å². The zero-order valence-corrected chi connectivity index (χ0v) is 17.7. The molecule has 2 aromatic carbocycles. The molecule has 0 spiro atoms. The van der Waals surface area contributed by atoms with Crippen LogP contribution in [-0.2, 0) is 9.59 Å². The van der Waals surface area contributed by atoms with Crippen molar-refractivity contribution in [2.45, 2.75) is 32.2 Å². The predicted octanol–water partition coefficient (Wildman–Crippen LogP) is 3.15. The van der Waals surface area contributed by atoms with E-state index in [2.05, 4.69) is 16.1 Å². The summed E-state index contributed by atoms with van der Waals surface area (Å²) in [5.74, 6) is -0.757. The van der Waals surface area contributed by atoms with Crippen LogP contribution in [0.25, 0.3) is 11.1 Å². The molecule has 4 amide bonds. The lowest BCUT2D eigenvalue weighted by Gasteiger charge is -2.27. The van der Waals surface area contributed by atoms with E-state index >= 15 is 0 Å². The summed E-state index contributed by atoms with van der Waals surface area (Å²) in [4.78, 5) is 37.9. The van der Waals surface area contributed by atoms with Crippen molar-refractivity contribution in [3.63, 3.8) is 0 Å². The molecule has 30 heavy (non-hydrogen) atoms. The van der Waals surface area contributed by atoms with Crippen LogP contribution in [0.5, 0.6) is 0 Å². The van der Waals surface area contributed by atoms with Gasteiger partial charge in [0.15, 0.2) is 0 Å². The van der Waals surface area contributed by atoms with E-state index in [1.807, 2.05) is 49.4 Å². The van der Waals surface area contributed by atoms with Crippen LogP contribution in [0, 0.1) is 0 Å². The molecule has 1 unspecified atom stereocenters. The molecule has 2 aromatic rings. The normalized spacial score (nSPS) is 16.0. The Labute approximate surface area is 180 Å². The van der Waals surface area contributed by atoms with Gasteiger partial charge in [-0.3, -0.25) is 15.0 Å². The number of alkyl halides is 1. The van der Waals surface area contributed by atoms with E-state index in [-0.39, 0.29) is 5.91 Å². The van der Waals surface area contributed by atoms with E-state index in [1.54, 1.807) is 13.0 Å². The van der Waals surface area contributed by atoms with Gasteiger partial charge in [0.05, 0.1) is 11.6 Å². The number of anilines is 1. The number of para-hydroxylation sites is 1. The quantitative estimate of drug-likeness (QED) is 0.487. The maximum absolute atomic E-state index is 13.2. The minimum Gasteiger partial charge on any atom is -0.338 e. The lowest BCUT2D eigenvalue weighted by molar-refractivity contribution is -0.127. The molecule has 0 saturated carbocycles. The Morgan fingerprint density at radius 2 is 1.77 bits per heavy atom. The SMILES string of the molecule is CC1C(=O)N(NC(=O)[C@H](C)NC(=O)NCCCCl)c2ccccc2-c2ccccc21. The first-order valence-electron chi connectivity index (χ1n) is 9.87. The van der Waals surface area contributed by atoms with Gasteiger partial charge in [0.2, 0.25) is 0 Å². The Balaban J connectivity index is 1.81. The molecular weight excluding hydrogens is 404 g/mol. The molecule has 0 aromatic heterocycles. The molecular formula is C22H25ClN4O3. The highest BCUT2D eigenvalue weighted by Crippen LogP contribution is 2.39. The fourth-order valence-electron chi connectivity index (χ4n) is 3.37. The van der Waals surface area contributed by atoms with Crippen molar-refractivity contribution in [3.05, 3.63) is 54.1 Å². The Bertz CT molecular complexity index is 949. The first kappa shape index (κ1) is 21.6. The maximum Gasteiger partial charge on any atom is 0.315 e. The van der Waals surface area contributed by atoms with Crippen molar-refractivity contribution in [1.82, 2.24) is 16.1 Å². The summed E-state index contributed by atoms with van der Waals surface area (Å²) in [6, 6.07) is 13.8. The van der Waals surface area contributed by atoms with E-state index in [4.69, 9.17) is 11.6 Å². The van der Waals surface area contributed by atoms with Crippen LogP contribution >= 0.6 is 11.6 Å². The molecule has 8 heteroatoms. The summed E-state index contributed by atoms with van der Waals surface area (Å²) < 4.78 is 0. The Morgan fingerprint density at radius 3 is 2.50 bits per heavy atom. The minimum absolute atomic E-state index is 0.250. The molecule has 0 bridgehead atoms. The summed E-state index contributed by atoms with van der Waals surface area (Å²) in [6.45, 7) is 3.79. The van der Waals surface area contributed by atoms with E-state index in [9.17, 15) is 14.4 Å². The molecule has 158 valence electrons. The maximum atomic E-state index is 13.2. The van der Waals surface area contributed by atoms with E-state index in [0.29, 0.717) is 24.5 Å². The molecule has 1 heterocycles. The van der Waals surface area contributed by atoms with Crippen molar-refractivity contribution in [2.24, 2.45) is 0 Å². The molecule has 1 aliphatic heterocycles. The molecule has 3 rings (SSSR count). The lowest BCUT2D eigenvalue weighted by Crippen LogP contribution is -2.55. The van der Waals surface area contributed by atoms with Crippen LogP contribution in [0.1, 0.15) is 31.7 Å². The van der Waals surface area contributed by atoms with Crippen molar-refractivity contribution < 1.29 is 14.4 Å². The number of hydrazine groups is 1. The van der Waals surface area contributed by atoms with Gasteiger partial charge in [0.1, 0.15) is 6.04 Å². The fourth-order valence-corrected chi connectivity index (χ4v) is 3.50. The van der Waals surface area contributed by atoms with Crippen molar-refractivity contribution in [3.8, 4) is 11.1 Å². The molecule has 0 aliphatic carbocycles. The van der Waals surface area contributed by atoms with Gasteiger partial charge in [-0.05, 0) is 37.5 Å². The molecule has 2 atom stereocenters. The summed E-state index contributed by atoms with van der Waals surface area (Å²) in [5, 5.41) is 6.48. The summed E-state index contributed by atoms with van der Waals surface area (Å²) >= 11 is 5.59. The third-order valence-electron chi connectivity index (χ3n) is 5.01. The number of carbonyl (C=O) groups is 3. The molecule has 1 aliphatic rings. The zero-order valence-electron chi connectivity index (χ0n) is 16.9. The number of nitrogens with zero attached hydrogens (tertiary/aromatic N) is 1. The number of rotatable bonds is 6. The predicted molar refractivity (Wildman–Crippen MR) is 117 cm³/mol. The second kappa shape index (κ2) is 9.63. The molecule has 7 nitrogen and oxygen atoms in total. The van der Waals surface area contributed by atoms with Gasteiger partial charge in [-0.2, -0.15) is 0 Å². The highest BCUT2D eigenvalue weighted by atomic mass is 35.5. The topological polar surface area (TPSA) is 90.5 Å². The van der Waals surface area contributed by atoms with Crippen molar-refractivity contribution in [1.29, 1.82) is 0 Å². The third kappa shape index (κ3) is 4.57. The van der Waals surface area contributed by atoms with Gasteiger partial charge in [-0.15, -0.1) is 11.6 Å². The first-order chi connectivity index (χ1) is 14.4. The number of carbonyl (C=O) groups excluding carboxylic acids is 3. The Morgan fingerprint density at radius 1 is 1.10 bits per heavy atom. The largest absolute Gasteiger partial charge is 0.338 e. The number of nitrogens with one attached hydrogen (secondary N) is 3. The number of urea groups is 1. The van der Waals surface area contributed by atoms with Gasteiger partial charge in [-0.25, -0.2) is 9.80 Å². The van der Waals surface area contributed by atoms with Gasteiger partial charge >= 0.3 is 6.03 Å². The second-order valence-electron chi connectivity index (χ2n) is 7.14. The Kier molecular flexibility index (Phi) is 6.95. The monoisotopic (exact) mass is 428 g/mol. The van der Waals surface area contributed by atoms with Crippen LogP contribution in [0.3, 0.4) is 0 Å².